The Labute approximate surface area is 340 Å². The molecule has 58 heavy (non-hydrogen) atoms. The predicted molar refractivity (Wildman–Crippen MR) is 225 cm³/mol. The molecule has 0 aliphatic carbocycles. The molecule has 1 fully saturated rings. The second-order valence-electron chi connectivity index (χ2n) is 15.5. The molecular formula is C48H53N5O5. The molecule has 6 aromatic rings. The van der Waals surface area contributed by atoms with E-state index >= 15 is 0 Å². The van der Waals surface area contributed by atoms with E-state index in [-0.39, 0.29) is 42.9 Å². The first-order chi connectivity index (χ1) is 28.2. The summed E-state index contributed by atoms with van der Waals surface area (Å²) in [5.74, 6) is 1.68. The highest BCUT2D eigenvalue weighted by Crippen LogP contribution is 2.36. The molecule has 0 radical (unpaired) electrons. The van der Waals surface area contributed by atoms with Gasteiger partial charge in [-0.3, -0.25) is 14.5 Å². The molecule has 0 bridgehead atoms. The number of likely N-dealkylation sites (tertiary alicyclic amines) is 1. The Balaban J connectivity index is 0.974. The minimum absolute atomic E-state index is 0.0115. The van der Waals surface area contributed by atoms with Gasteiger partial charge in [-0.15, -0.1) is 0 Å². The van der Waals surface area contributed by atoms with Gasteiger partial charge in [0.15, 0.2) is 0 Å². The molecule has 10 heteroatoms. The van der Waals surface area contributed by atoms with E-state index < -0.39 is 5.41 Å². The van der Waals surface area contributed by atoms with E-state index in [1.165, 1.54) is 0 Å². The van der Waals surface area contributed by atoms with Gasteiger partial charge in [0.1, 0.15) is 29.2 Å². The first-order valence-corrected chi connectivity index (χ1v) is 20.3. The number of hydrogen-bond donors (Lipinski definition) is 2. The third kappa shape index (κ3) is 9.30. The van der Waals surface area contributed by atoms with E-state index in [4.69, 9.17) is 14.1 Å². The molecule has 1 unspecified atom stereocenters. The summed E-state index contributed by atoms with van der Waals surface area (Å²) < 4.78 is 13.5. The summed E-state index contributed by atoms with van der Waals surface area (Å²) in [6, 6.07) is 33.3. The zero-order valence-corrected chi connectivity index (χ0v) is 33.6. The average Bonchev–Trinajstić information content (AvgIpc) is 3.89. The van der Waals surface area contributed by atoms with Crippen LogP contribution in [0, 0.1) is 0 Å². The van der Waals surface area contributed by atoms with E-state index in [1.807, 2.05) is 117 Å². The highest BCUT2D eigenvalue weighted by Gasteiger charge is 2.35. The number of aliphatic hydroxyl groups excluding tert-OH is 1. The fourth-order valence-corrected chi connectivity index (χ4v) is 7.85. The first-order valence-electron chi connectivity index (χ1n) is 20.3. The zero-order chi connectivity index (χ0) is 40.5. The molecule has 0 spiro atoms. The van der Waals surface area contributed by atoms with Crippen molar-refractivity contribution < 1.29 is 23.8 Å². The van der Waals surface area contributed by atoms with Crippen LogP contribution in [-0.2, 0) is 32.6 Å². The molecule has 3 aromatic heterocycles. The summed E-state index contributed by atoms with van der Waals surface area (Å²) in [6.07, 6.45) is 10.8. The van der Waals surface area contributed by atoms with Crippen molar-refractivity contribution in [1.82, 2.24) is 24.8 Å². The van der Waals surface area contributed by atoms with Crippen LogP contribution in [0.2, 0.25) is 0 Å². The maximum absolute atomic E-state index is 13.8. The summed E-state index contributed by atoms with van der Waals surface area (Å²) in [4.78, 5) is 38.0. The molecule has 4 heterocycles. The van der Waals surface area contributed by atoms with E-state index in [2.05, 4.69) is 38.1 Å². The molecule has 0 saturated carbocycles. The number of carbonyl (C=O) groups is 2. The van der Waals surface area contributed by atoms with Crippen LogP contribution in [0.25, 0.3) is 11.0 Å². The van der Waals surface area contributed by atoms with Gasteiger partial charge in [-0.05, 0) is 87.0 Å². The number of allylic oxidation sites excluding steroid dienone is 1. The minimum Gasteiger partial charge on any atom is -0.466 e. The maximum Gasteiger partial charge on any atom is 0.313 e. The van der Waals surface area contributed by atoms with Gasteiger partial charge in [0, 0.05) is 19.2 Å². The monoisotopic (exact) mass is 779 g/mol. The van der Waals surface area contributed by atoms with Crippen LogP contribution in [0.4, 0.5) is 0 Å². The predicted octanol–water partition coefficient (Wildman–Crippen LogP) is 7.87. The SMILES string of the molecule is CCOC(=O)Cc1ncc2c(n1)c(C1CCN(C/C=C/Cc3ccc(C(C)(C)C(=O)NC(c4ccccc4)c4ccccc4)o3)CC1)cn2C(CO)c1ccccc1. The largest absolute Gasteiger partial charge is 0.466 e. The third-order valence-electron chi connectivity index (χ3n) is 11.2. The van der Waals surface area contributed by atoms with Crippen molar-refractivity contribution in [3.63, 3.8) is 0 Å². The number of ether oxygens (including phenoxy) is 1. The minimum atomic E-state index is -0.879. The quantitative estimate of drug-likeness (QED) is 0.0752. The van der Waals surface area contributed by atoms with E-state index in [1.54, 1.807) is 13.1 Å². The van der Waals surface area contributed by atoms with Gasteiger partial charge < -0.3 is 24.1 Å². The van der Waals surface area contributed by atoms with Crippen LogP contribution in [-0.4, -0.2) is 69.3 Å². The van der Waals surface area contributed by atoms with Crippen LogP contribution < -0.4 is 5.32 Å². The second-order valence-corrected chi connectivity index (χ2v) is 15.5. The van der Waals surface area contributed by atoms with Gasteiger partial charge in [-0.2, -0.15) is 0 Å². The zero-order valence-electron chi connectivity index (χ0n) is 33.6. The van der Waals surface area contributed by atoms with E-state index in [0.717, 1.165) is 71.5 Å². The molecule has 300 valence electrons. The Morgan fingerprint density at radius 2 is 1.55 bits per heavy atom. The molecule has 7 rings (SSSR count). The number of rotatable bonds is 16. The highest BCUT2D eigenvalue weighted by atomic mass is 16.5. The highest BCUT2D eigenvalue weighted by molar-refractivity contribution is 5.87. The van der Waals surface area contributed by atoms with Gasteiger partial charge >= 0.3 is 5.97 Å². The topological polar surface area (TPSA) is 123 Å². The Kier molecular flexibility index (Phi) is 13.0. The summed E-state index contributed by atoms with van der Waals surface area (Å²) in [5.41, 5.74) is 4.94. The smallest absolute Gasteiger partial charge is 0.313 e. The number of hydrogen-bond acceptors (Lipinski definition) is 8. The fourth-order valence-electron chi connectivity index (χ4n) is 7.85. The van der Waals surface area contributed by atoms with Gasteiger partial charge in [0.05, 0.1) is 42.5 Å². The standard InChI is InChI=1S/C48H53N5O5/c1-4-57-44(55)30-43-49-31-40-46(50-43)39(32-53(40)41(33-54)35-16-8-5-9-17-35)34-25-28-52(29-26-34)27-15-14-22-38-23-24-42(58-38)48(2,3)47(56)51-45(36-18-10-6-11-19-36)37-20-12-7-13-21-37/h5-21,23-24,31-32,34,41,45,54H,4,22,25-30,33H2,1-3H3,(H,51,56)/b15-14+. The molecule has 1 atom stereocenters. The van der Waals surface area contributed by atoms with E-state index in [9.17, 15) is 14.7 Å². The molecular weight excluding hydrogens is 727 g/mol. The number of esters is 1. The number of nitrogens with zero attached hydrogens (tertiary/aromatic N) is 4. The van der Waals surface area contributed by atoms with Crippen LogP contribution in [0.1, 0.15) is 91.2 Å². The average molecular weight is 780 g/mol. The number of aromatic nitrogens is 3. The second kappa shape index (κ2) is 18.6. The molecule has 2 N–H and O–H groups in total. The third-order valence-corrected chi connectivity index (χ3v) is 11.2. The Bertz CT molecular complexity index is 2250. The van der Waals surface area contributed by atoms with Crippen molar-refractivity contribution in [2.24, 2.45) is 0 Å². The van der Waals surface area contributed by atoms with Gasteiger partial charge in [0.25, 0.3) is 0 Å². The molecule has 1 aliphatic heterocycles. The van der Waals surface area contributed by atoms with Crippen molar-refractivity contribution in [2.75, 3.05) is 32.8 Å². The molecule has 10 nitrogen and oxygen atoms in total. The Morgan fingerprint density at radius 1 is 0.914 bits per heavy atom. The lowest BCUT2D eigenvalue weighted by atomic mass is 9.88. The number of carbonyl (C=O) groups excluding carboxylic acids is 2. The summed E-state index contributed by atoms with van der Waals surface area (Å²) in [7, 11) is 0. The number of furan rings is 1. The van der Waals surface area contributed by atoms with Crippen LogP contribution >= 0.6 is 0 Å². The van der Waals surface area contributed by atoms with Gasteiger partial charge in [-0.25, -0.2) is 9.97 Å². The lowest BCUT2D eigenvalue weighted by molar-refractivity contribution is -0.142. The molecule has 1 saturated heterocycles. The number of piperidine rings is 1. The van der Waals surface area contributed by atoms with Crippen molar-refractivity contribution in [3.05, 3.63) is 167 Å². The van der Waals surface area contributed by atoms with E-state index in [0.29, 0.717) is 24.6 Å². The first kappa shape index (κ1) is 40.4. The lowest BCUT2D eigenvalue weighted by Crippen LogP contribution is -2.42. The van der Waals surface area contributed by atoms with Gasteiger partial charge in [0.2, 0.25) is 5.91 Å². The molecule has 1 aliphatic rings. The van der Waals surface area contributed by atoms with Crippen LogP contribution in [0.15, 0.2) is 132 Å². The van der Waals surface area contributed by atoms with Crippen molar-refractivity contribution in [1.29, 1.82) is 0 Å². The fraction of sp³-hybridized carbons (Fsp3) is 0.333. The summed E-state index contributed by atoms with van der Waals surface area (Å²) in [5, 5.41) is 13.8. The lowest BCUT2D eigenvalue weighted by Gasteiger charge is -2.31. The Morgan fingerprint density at radius 3 is 2.17 bits per heavy atom. The number of fused-ring (bicyclic) bond motifs is 1. The van der Waals surface area contributed by atoms with Crippen LogP contribution in [0.5, 0.6) is 0 Å². The van der Waals surface area contributed by atoms with Crippen molar-refractivity contribution in [2.45, 2.75) is 69.9 Å². The normalized spacial score (nSPS) is 14.6. The summed E-state index contributed by atoms with van der Waals surface area (Å²) >= 11 is 0. The Hall–Kier alpha value is -5.84. The number of amides is 1. The number of benzene rings is 3. The van der Waals surface area contributed by atoms with Gasteiger partial charge in [-0.1, -0.05) is 103 Å². The maximum atomic E-state index is 13.8. The number of nitrogens with one attached hydrogen (secondary N) is 1. The van der Waals surface area contributed by atoms with Crippen molar-refractivity contribution in [3.8, 4) is 0 Å². The molecule has 1 amide bonds. The number of aliphatic hydroxyl groups is 1. The molecule has 3 aromatic carbocycles. The van der Waals surface area contributed by atoms with Crippen molar-refractivity contribution >= 4 is 22.9 Å². The summed E-state index contributed by atoms with van der Waals surface area (Å²) in [6.45, 7) is 8.49. The van der Waals surface area contributed by atoms with Crippen LogP contribution in [0.3, 0.4) is 0 Å².